The number of phenols is 1. The van der Waals surface area contributed by atoms with Gasteiger partial charge in [0.25, 0.3) is 5.56 Å². The quantitative estimate of drug-likeness (QED) is 0.0722. The number of carbonyl (C=O) groups excluding carboxylic acids is 2. The van der Waals surface area contributed by atoms with Crippen LogP contribution >= 0.6 is 11.8 Å². The lowest BCUT2D eigenvalue weighted by molar-refractivity contribution is -0.139. The summed E-state index contributed by atoms with van der Waals surface area (Å²) in [5, 5.41) is 54.1. The third-order valence-corrected chi connectivity index (χ3v) is 9.01. The number of aromatic hydroxyl groups is 1. The van der Waals surface area contributed by atoms with Crippen LogP contribution in [0.25, 0.3) is 16.8 Å². The fraction of sp³-hybridized carbons (Fsp3) is 0.257. The van der Waals surface area contributed by atoms with Crippen LogP contribution in [-0.2, 0) is 24.9 Å². The Balaban J connectivity index is 1.46. The molecule has 0 aliphatic rings. The fourth-order valence-corrected chi connectivity index (χ4v) is 6.15. The predicted molar refractivity (Wildman–Crippen MR) is 194 cm³/mol. The Hall–Kier alpha value is -6.27. The highest BCUT2D eigenvalue weighted by atomic mass is 32.2. The minimum absolute atomic E-state index is 0.000769. The number of nitrogens with one attached hydrogen (secondary N) is 3. The van der Waals surface area contributed by atoms with Crippen molar-refractivity contribution in [1.82, 2.24) is 20.4 Å². The average molecular weight is 748 g/mol. The molecule has 0 fully saturated rings. The number of H-pyrrole nitrogens is 1. The van der Waals surface area contributed by atoms with Crippen LogP contribution in [-0.4, -0.2) is 84.3 Å². The summed E-state index contributed by atoms with van der Waals surface area (Å²) in [6.07, 6.45) is -0.398. The maximum atomic E-state index is 13.4. The molecule has 0 unspecified atom stereocenters. The van der Waals surface area contributed by atoms with Crippen molar-refractivity contribution in [2.75, 3.05) is 12.3 Å². The minimum Gasteiger partial charge on any atom is -0.505 e. The molecule has 278 valence electrons. The molecule has 2 amide bonds. The van der Waals surface area contributed by atoms with E-state index in [1.165, 1.54) is 34.6 Å². The molecule has 0 bridgehead atoms. The van der Waals surface area contributed by atoms with E-state index in [-0.39, 0.29) is 41.3 Å². The lowest BCUT2D eigenvalue weighted by Crippen LogP contribution is -2.49. The molecular formula is C35H37N7O10S. The molecule has 0 spiro atoms. The van der Waals surface area contributed by atoms with E-state index in [1.54, 1.807) is 49.4 Å². The van der Waals surface area contributed by atoms with Crippen LogP contribution in [0.1, 0.15) is 40.0 Å². The van der Waals surface area contributed by atoms with Crippen molar-refractivity contribution < 1.29 is 44.4 Å². The Bertz CT molecular complexity index is 2130. The van der Waals surface area contributed by atoms with E-state index in [0.717, 1.165) is 11.1 Å². The third-order valence-electron chi connectivity index (χ3n) is 7.92. The van der Waals surface area contributed by atoms with Gasteiger partial charge in [-0.15, -0.1) is 10.2 Å². The number of hydrogen-bond acceptors (Lipinski definition) is 11. The Morgan fingerprint density at radius 1 is 0.981 bits per heavy atom. The van der Waals surface area contributed by atoms with Crippen molar-refractivity contribution >= 4 is 52.9 Å². The second kappa shape index (κ2) is 17.8. The van der Waals surface area contributed by atoms with E-state index < -0.39 is 53.9 Å². The molecule has 2 atom stereocenters. The Morgan fingerprint density at radius 3 is 2.40 bits per heavy atom. The predicted octanol–water partition coefficient (Wildman–Crippen LogP) is 3.38. The summed E-state index contributed by atoms with van der Waals surface area (Å²) in [5.74, 6) is -4.77. The van der Waals surface area contributed by atoms with Crippen molar-refractivity contribution in [3.05, 3.63) is 93.4 Å². The number of carboxylic acids is 3. The van der Waals surface area contributed by atoms with Gasteiger partial charge < -0.3 is 36.8 Å². The summed E-state index contributed by atoms with van der Waals surface area (Å²) < 4.78 is 1.29. The number of aromatic carboxylic acids is 1. The molecule has 9 N–H and O–H groups in total. The molecular weight excluding hydrogens is 710 g/mol. The number of aromatic nitrogens is 2. The number of phenolic OH excluding ortho intramolecular Hbond substituents is 1. The number of para-hydroxylation sites is 1. The zero-order chi connectivity index (χ0) is 38.8. The maximum absolute atomic E-state index is 13.4. The van der Waals surface area contributed by atoms with Crippen molar-refractivity contribution in [3.63, 3.8) is 0 Å². The number of aliphatic carboxylic acids is 2. The zero-order valence-electron chi connectivity index (χ0n) is 28.5. The second-order valence-electron chi connectivity index (χ2n) is 11.8. The number of carboxylic acid groups (broad SMARTS) is 3. The number of benzene rings is 3. The molecule has 0 radical (unpaired) electrons. The molecule has 0 aliphatic carbocycles. The molecule has 17 nitrogen and oxygen atoms in total. The summed E-state index contributed by atoms with van der Waals surface area (Å²) in [5.41, 5.74) is 8.39. The monoisotopic (exact) mass is 747 g/mol. The number of amides is 2. The van der Waals surface area contributed by atoms with E-state index in [9.17, 15) is 39.0 Å². The fourth-order valence-electron chi connectivity index (χ4n) is 5.02. The van der Waals surface area contributed by atoms with Crippen LogP contribution in [0.4, 0.5) is 11.4 Å². The molecule has 1 heterocycles. The molecule has 0 saturated carbocycles. The van der Waals surface area contributed by atoms with Gasteiger partial charge in [-0.25, -0.2) is 9.48 Å². The first-order valence-corrected chi connectivity index (χ1v) is 17.2. The number of aromatic amines is 1. The highest BCUT2D eigenvalue weighted by Crippen LogP contribution is 2.38. The lowest BCUT2D eigenvalue weighted by Gasteiger charge is -2.18. The van der Waals surface area contributed by atoms with Gasteiger partial charge in [-0.3, -0.25) is 29.1 Å². The minimum atomic E-state index is -1.27. The molecule has 4 aromatic rings. The van der Waals surface area contributed by atoms with Gasteiger partial charge in [-0.1, -0.05) is 30.3 Å². The molecule has 53 heavy (non-hydrogen) atoms. The number of carbonyl (C=O) groups is 5. The van der Waals surface area contributed by atoms with Crippen molar-refractivity contribution in [2.45, 2.75) is 44.5 Å². The molecule has 0 aliphatic heterocycles. The van der Waals surface area contributed by atoms with Crippen molar-refractivity contribution in [2.24, 2.45) is 16.0 Å². The van der Waals surface area contributed by atoms with E-state index in [4.69, 9.17) is 15.9 Å². The first-order valence-electron chi connectivity index (χ1n) is 16.0. The van der Waals surface area contributed by atoms with Gasteiger partial charge in [0.1, 0.15) is 24.3 Å². The Labute approximate surface area is 305 Å². The van der Waals surface area contributed by atoms with Crippen LogP contribution in [0, 0.1) is 13.8 Å². The largest absolute Gasteiger partial charge is 0.505 e. The smallest absolute Gasteiger partial charge is 0.335 e. The number of rotatable bonds is 17. The Kier molecular flexibility index (Phi) is 13.3. The van der Waals surface area contributed by atoms with Gasteiger partial charge in [-0.2, -0.15) is 11.8 Å². The third kappa shape index (κ3) is 10.4. The zero-order valence-corrected chi connectivity index (χ0v) is 29.3. The first-order chi connectivity index (χ1) is 25.2. The van der Waals surface area contributed by atoms with Crippen LogP contribution < -0.4 is 21.9 Å². The maximum Gasteiger partial charge on any atom is 0.335 e. The van der Waals surface area contributed by atoms with Crippen molar-refractivity contribution in [1.29, 1.82) is 0 Å². The van der Waals surface area contributed by atoms with Crippen LogP contribution in [0.3, 0.4) is 0 Å². The Morgan fingerprint density at radius 2 is 1.72 bits per heavy atom. The van der Waals surface area contributed by atoms with Crippen LogP contribution in [0.15, 0.2) is 75.7 Å². The number of nitrogens with two attached hydrogens (primary N) is 1. The SMILES string of the molecule is Cc1cc(-n2[nH]c(C)c(N=Nc3cccc(-c4cccc(C(=O)O)c4)c3O)c2=O)ccc1CSC[C@@H](NC(=O)CC[C@@H](N)C(=O)O)C(=O)NCC(=O)O. The highest BCUT2D eigenvalue weighted by Gasteiger charge is 2.23. The van der Waals surface area contributed by atoms with Gasteiger partial charge in [0.2, 0.25) is 11.8 Å². The second-order valence-corrected chi connectivity index (χ2v) is 12.9. The molecule has 0 saturated heterocycles. The average Bonchev–Trinajstić information content (AvgIpc) is 3.41. The summed E-state index contributed by atoms with van der Waals surface area (Å²) in [7, 11) is 0. The number of thioether (sulfide) groups is 1. The van der Waals surface area contributed by atoms with Gasteiger partial charge in [0.15, 0.2) is 11.4 Å². The van der Waals surface area contributed by atoms with Gasteiger partial charge >= 0.3 is 17.9 Å². The van der Waals surface area contributed by atoms with Gasteiger partial charge in [-0.05, 0) is 67.3 Å². The molecule has 4 rings (SSSR count). The lowest BCUT2D eigenvalue weighted by atomic mass is 10.0. The van der Waals surface area contributed by atoms with Gasteiger partial charge in [0, 0.05) is 23.5 Å². The van der Waals surface area contributed by atoms with Crippen LogP contribution in [0.5, 0.6) is 5.75 Å². The molecule has 1 aromatic heterocycles. The van der Waals surface area contributed by atoms with E-state index in [1.807, 2.05) is 6.92 Å². The van der Waals surface area contributed by atoms with E-state index in [2.05, 4.69) is 26.0 Å². The number of hydrogen-bond donors (Lipinski definition) is 8. The first kappa shape index (κ1) is 39.5. The van der Waals surface area contributed by atoms with Crippen LogP contribution in [0.2, 0.25) is 0 Å². The molecule has 18 heteroatoms. The number of aryl methyl sites for hydroxylation is 2. The summed E-state index contributed by atoms with van der Waals surface area (Å²) in [6, 6.07) is 13.7. The number of azo groups is 1. The topological polar surface area (TPSA) is 279 Å². The molecule has 3 aromatic carbocycles. The van der Waals surface area contributed by atoms with Crippen molar-refractivity contribution in [3.8, 4) is 22.6 Å². The standard InChI is InChI=1S/C35H37N7O10S/c1-18-13-23(10-9-22(18)16-53-17-27(32(47)37-15-29(44)45)38-28(43)12-11-25(36)35(51)52)42-33(48)30(19(2)41-42)40-39-26-8-4-7-24(31(26)46)20-5-3-6-21(14-20)34(49)50/h3-10,13-14,25,27,41,46H,11-12,15-17,36H2,1-2H3,(H,37,47)(H,38,43)(H,44,45)(H,49,50)(H,51,52)/t25-,27-/m1/s1. The van der Waals surface area contributed by atoms with Gasteiger partial charge in [0.05, 0.1) is 16.9 Å². The van der Waals surface area contributed by atoms with E-state index in [0.29, 0.717) is 28.3 Å². The highest BCUT2D eigenvalue weighted by molar-refractivity contribution is 7.98. The summed E-state index contributed by atoms with van der Waals surface area (Å²) >= 11 is 1.29. The van der Waals surface area contributed by atoms with E-state index >= 15 is 0 Å². The number of nitrogens with zero attached hydrogens (tertiary/aromatic N) is 3. The summed E-state index contributed by atoms with van der Waals surface area (Å²) in [6.45, 7) is 2.81. The normalized spacial score (nSPS) is 12.3. The summed E-state index contributed by atoms with van der Waals surface area (Å²) in [4.78, 5) is 71.8.